The largest absolute Gasteiger partial charge is 0.506 e. The zero-order chi connectivity index (χ0) is 29.8. The van der Waals surface area contributed by atoms with Crippen molar-refractivity contribution in [2.75, 3.05) is 26.2 Å². The summed E-state index contributed by atoms with van der Waals surface area (Å²) in [5, 5.41) is 13.5. The molecule has 0 unspecified atom stereocenters. The molecule has 0 spiro atoms. The molecule has 0 radical (unpaired) electrons. The average Bonchev–Trinajstić information content (AvgIpc) is 3.53. The van der Waals surface area contributed by atoms with Gasteiger partial charge in [0.15, 0.2) is 5.60 Å². The van der Waals surface area contributed by atoms with E-state index in [9.17, 15) is 19.1 Å². The van der Waals surface area contributed by atoms with Crippen LogP contribution in [0.4, 0.5) is 9.18 Å². The highest BCUT2D eigenvalue weighted by Gasteiger charge is 2.47. The minimum Gasteiger partial charge on any atom is -0.450 e. The number of aromatic nitrogens is 2. The second-order valence-electron chi connectivity index (χ2n) is 11.2. The highest BCUT2D eigenvalue weighted by Crippen LogP contribution is 2.32. The number of likely N-dealkylation sites (tertiary alicyclic amines) is 2. The minimum absolute atomic E-state index is 0.201. The number of piperidine rings is 2. The summed E-state index contributed by atoms with van der Waals surface area (Å²) >= 11 is 0. The van der Waals surface area contributed by atoms with Crippen LogP contribution in [0.5, 0.6) is 0 Å². The van der Waals surface area contributed by atoms with Crippen LogP contribution in [0, 0.1) is 5.82 Å². The molecule has 9 nitrogen and oxygen atoms in total. The van der Waals surface area contributed by atoms with Crippen molar-refractivity contribution in [3.63, 3.8) is 0 Å². The van der Waals surface area contributed by atoms with Gasteiger partial charge >= 0.3 is 6.16 Å². The summed E-state index contributed by atoms with van der Waals surface area (Å²) in [7, 11) is 0. The van der Waals surface area contributed by atoms with E-state index in [-0.39, 0.29) is 17.6 Å². The number of carbonyl (C=O) groups is 2. The summed E-state index contributed by atoms with van der Waals surface area (Å²) in [6.45, 7) is 3.04. The van der Waals surface area contributed by atoms with Crippen molar-refractivity contribution in [3.05, 3.63) is 84.2 Å². The van der Waals surface area contributed by atoms with E-state index in [2.05, 4.69) is 15.0 Å². The first-order chi connectivity index (χ1) is 20.9. The lowest BCUT2D eigenvalue weighted by Gasteiger charge is -2.42. The third-order valence-electron chi connectivity index (χ3n) is 8.32. The Kier molecular flexibility index (Phi) is 8.20. The van der Waals surface area contributed by atoms with Crippen molar-refractivity contribution in [2.24, 2.45) is 0 Å². The number of carboxylic acid groups (broad SMARTS) is 1. The molecule has 2 aliphatic heterocycles. The second kappa shape index (κ2) is 12.3. The standard InChI is InChI=1S/C33H33FN4O5/c34-28-21-26(13-14-27(28)24-7-3-1-4-8-24)30-35-29(36-43-30)25-11-9-23(10-12-25)22-37-19-15-33(16-20-37,42-32(40)41)31(39)38-17-5-2-6-18-38/h1,3-4,7-14,21H,2,5-6,15-20,22H2,(H,40,41). The minimum atomic E-state index is -1.41. The summed E-state index contributed by atoms with van der Waals surface area (Å²) in [6, 6.07) is 22.0. The number of rotatable bonds is 7. The van der Waals surface area contributed by atoms with E-state index in [1.807, 2.05) is 54.6 Å². The normalized spacial score (nSPS) is 17.0. The molecule has 0 saturated carbocycles. The molecule has 222 valence electrons. The maximum absolute atomic E-state index is 14.9. The van der Waals surface area contributed by atoms with Crippen molar-refractivity contribution in [3.8, 4) is 34.0 Å². The maximum atomic E-state index is 14.9. The first kappa shape index (κ1) is 28.5. The van der Waals surface area contributed by atoms with Crippen LogP contribution < -0.4 is 0 Å². The number of nitrogens with zero attached hydrogens (tertiary/aromatic N) is 4. The van der Waals surface area contributed by atoms with Crippen LogP contribution in [0.2, 0.25) is 0 Å². The molecule has 2 fully saturated rings. The van der Waals surface area contributed by atoms with Gasteiger partial charge in [-0.05, 0) is 42.5 Å². The third-order valence-corrected chi connectivity index (χ3v) is 8.32. The fourth-order valence-corrected chi connectivity index (χ4v) is 5.96. The van der Waals surface area contributed by atoms with Gasteiger partial charge in [0.05, 0.1) is 0 Å². The van der Waals surface area contributed by atoms with E-state index in [0.29, 0.717) is 62.5 Å². The molecule has 0 atom stereocenters. The van der Waals surface area contributed by atoms with Gasteiger partial charge in [-0.25, -0.2) is 9.18 Å². The van der Waals surface area contributed by atoms with Crippen LogP contribution >= 0.6 is 0 Å². The quantitative estimate of drug-likeness (QED) is 0.254. The van der Waals surface area contributed by atoms with E-state index in [0.717, 1.165) is 36.0 Å². The van der Waals surface area contributed by atoms with E-state index < -0.39 is 11.8 Å². The van der Waals surface area contributed by atoms with E-state index in [1.54, 1.807) is 17.0 Å². The van der Waals surface area contributed by atoms with Gasteiger partial charge in [0.2, 0.25) is 5.82 Å². The van der Waals surface area contributed by atoms with Crippen molar-refractivity contribution in [2.45, 2.75) is 44.2 Å². The first-order valence-electron chi connectivity index (χ1n) is 14.6. The average molecular weight is 585 g/mol. The predicted octanol–water partition coefficient (Wildman–Crippen LogP) is 6.25. The smallest absolute Gasteiger partial charge is 0.450 e. The fraction of sp³-hybridized carbons (Fsp3) is 0.333. The number of carbonyl (C=O) groups excluding carboxylic acids is 1. The molecule has 10 heteroatoms. The third kappa shape index (κ3) is 6.29. The van der Waals surface area contributed by atoms with Crippen LogP contribution in [0.25, 0.3) is 34.0 Å². The number of amides is 1. The lowest BCUT2D eigenvalue weighted by Crippen LogP contribution is -2.57. The fourth-order valence-electron chi connectivity index (χ4n) is 5.96. The number of hydrogen-bond donors (Lipinski definition) is 1. The molecule has 0 aliphatic carbocycles. The van der Waals surface area contributed by atoms with Crippen LogP contribution in [0.3, 0.4) is 0 Å². The van der Waals surface area contributed by atoms with Gasteiger partial charge in [-0.1, -0.05) is 65.8 Å². The monoisotopic (exact) mass is 584 g/mol. The van der Waals surface area contributed by atoms with E-state index in [4.69, 9.17) is 9.26 Å². The molecule has 1 aromatic heterocycles. The lowest BCUT2D eigenvalue weighted by molar-refractivity contribution is -0.160. The summed E-state index contributed by atoms with van der Waals surface area (Å²) in [5.74, 6) is 0.0667. The van der Waals surface area contributed by atoms with Gasteiger partial charge in [-0.3, -0.25) is 9.69 Å². The molecule has 2 saturated heterocycles. The Bertz CT molecular complexity index is 1580. The molecule has 43 heavy (non-hydrogen) atoms. The molecule has 4 aromatic rings. The summed E-state index contributed by atoms with van der Waals surface area (Å²) < 4.78 is 25.6. The Morgan fingerprint density at radius 3 is 2.26 bits per heavy atom. The van der Waals surface area contributed by atoms with Gasteiger partial charge < -0.3 is 19.3 Å². The van der Waals surface area contributed by atoms with E-state index >= 15 is 0 Å². The molecule has 3 aromatic carbocycles. The van der Waals surface area contributed by atoms with Crippen LogP contribution in [-0.2, 0) is 16.1 Å². The summed E-state index contributed by atoms with van der Waals surface area (Å²) in [5.41, 5.74) is 2.30. The number of halogens is 1. The topological polar surface area (TPSA) is 109 Å². The number of benzene rings is 3. The Hall–Kier alpha value is -4.57. The number of ether oxygens (including phenoxy) is 1. The maximum Gasteiger partial charge on any atom is 0.506 e. The molecule has 1 amide bonds. The molecule has 0 bridgehead atoms. The first-order valence-corrected chi connectivity index (χ1v) is 14.6. The Balaban J connectivity index is 1.08. The second-order valence-corrected chi connectivity index (χ2v) is 11.2. The predicted molar refractivity (Wildman–Crippen MR) is 157 cm³/mol. The van der Waals surface area contributed by atoms with Gasteiger partial charge in [0.1, 0.15) is 5.82 Å². The van der Waals surface area contributed by atoms with Crippen molar-refractivity contribution in [1.82, 2.24) is 19.9 Å². The van der Waals surface area contributed by atoms with E-state index in [1.165, 1.54) is 6.07 Å². The zero-order valence-corrected chi connectivity index (χ0v) is 23.7. The molecular formula is C33H33FN4O5. The molecule has 6 rings (SSSR count). The molecule has 1 N–H and O–H groups in total. The Morgan fingerprint density at radius 1 is 0.884 bits per heavy atom. The lowest BCUT2D eigenvalue weighted by atomic mass is 9.88. The van der Waals surface area contributed by atoms with Crippen LogP contribution in [-0.4, -0.2) is 68.9 Å². The summed E-state index contributed by atoms with van der Waals surface area (Å²) in [4.78, 5) is 33.3. The Morgan fingerprint density at radius 2 is 1.58 bits per heavy atom. The van der Waals surface area contributed by atoms with Gasteiger partial charge in [0, 0.05) is 62.3 Å². The zero-order valence-electron chi connectivity index (χ0n) is 23.7. The highest BCUT2D eigenvalue weighted by atomic mass is 19.1. The highest BCUT2D eigenvalue weighted by molar-refractivity contribution is 5.87. The van der Waals surface area contributed by atoms with Gasteiger partial charge in [-0.2, -0.15) is 4.98 Å². The van der Waals surface area contributed by atoms with Gasteiger partial charge in [0.25, 0.3) is 11.8 Å². The van der Waals surface area contributed by atoms with Crippen molar-refractivity contribution in [1.29, 1.82) is 0 Å². The summed E-state index contributed by atoms with van der Waals surface area (Å²) in [6.07, 6.45) is 2.19. The van der Waals surface area contributed by atoms with Gasteiger partial charge in [-0.15, -0.1) is 0 Å². The van der Waals surface area contributed by atoms with Crippen molar-refractivity contribution < 1.29 is 28.3 Å². The molecule has 2 aliphatic rings. The molecular weight excluding hydrogens is 551 g/mol. The van der Waals surface area contributed by atoms with Crippen LogP contribution in [0.1, 0.15) is 37.7 Å². The number of hydrogen-bond acceptors (Lipinski definition) is 7. The van der Waals surface area contributed by atoms with Crippen LogP contribution in [0.15, 0.2) is 77.3 Å². The SMILES string of the molecule is O=C(O)OC1(C(=O)N2CCCCC2)CCN(Cc2ccc(-c3noc(-c4ccc(-c5ccccc5)c(F)c4)n3)cc2)CC1. The molecule has 3 heterocycles. The van der Waals surface area contributed by atoms with Crippen molar-refractivity contribution >= 4 is 12.1 Å². The Labute approximate surface area is 248 Å².